The molecule has 1 unspecified atom stereocenters. The molecule has 1 heterocycles. The Morgan fingerprint density at radius 3 is 2.78 bits per heavy atom. The molecular formula is C16H23N5O2. The summed E-state index contributed by atoms with van der Waals surface area (Å²) < 4.78 is 10.4. The molecular weight excluding hydrogens is 294 g/mol. The van der Waals surface area contributed by atoms with Crippen LogP contribution in [0.15, 0.2) is 27.7 Å². The number of ether oxygens (including phenoxy) is 1. The van der Waals surface area contributed by atoms with Gasteiger partial charge in [0.05, 0.1) is 19.7 Å². The summed E-state index contributed by atoms with van der Waals surface area (Å²) in [6, 6.07) is 6.14. The molecule has 1 aromatic carbocycles. The highest BCUT2D eigenvalue weighted by atomic mass is 16.5. The van der Waals surface area contributed by atoms with Crippen LogP contribution in [0.4, 0.5) is 0 Å². The quantitative estimate of drug-likeness (QED) is 0.649. The molecule has 23 heavy (non-hydrogen) atoms. The van der Waals surface area contributed by atoms with Crippen LogP contribution in [-0.2, 0) is 6.54 Å². The van der Waals surface area contributed by atoms with Crippen LogP contribution >= 0.6 is 0 Å². The van der Waals surface area contributed by atoms with Crippen molar-refractivity contribution in [3.63, 3.8) is 0 Å². The Morgan fingerprint density at radius 2 is 2.17 bits per heavy atom. The highest BCUT2D eigenvalue weighted by Crippen LogP contribution is 2.25. The van der Waals surface area contributed by atoms with Crippen molar-refractivity contribution in [1.82, 2.24) is 20.8 Å². The van der Waals surface area contributed by atoms with E-state index in [2.05, 4.69) is 45.7 Å². The van der Waals surface area contributed by atoms with Gasteiger partial charge in [0.1, 0.15) is 5.75 Å². The van der Waals surface area contributed by atoms with Crippen molar-refractivity contribution in [1.29, 1.82) is 0 Å². The summed E-state index contributed by atoms with van der Waals surface area (Å²) >= 11 is 0. The molecule has 124 valence electrons. The number of aliphatic imine (C=N–C) groups is 1. The lowest BCUT2D eigenvalue weighted by Crippen LogP contribution is -2.38. The number of rotatable bonds is 5. The van der Waals surface area contributed by atoms with Gasteiger partial charge in [-0.05, 0) is 19.9 Å². The van der Waals surface area contributed by atoms with Crippen LogP contribution in [-0.4, -0.2) is 30.3 Å². The van der Waals surface area contributed by atoms with Crippen LogP contribution in [0.1, 0.15) is 35.8 Å². The standard InChI is InChI=1S/C16H23N5O2/c1-10-6-7-14(22-5)13(8-10)11(2)19-16(17-4)18-9-15-20-12(3)23-21-15/h6-8,11H,9H2,1-5H3,(H2,17,18,19). The van der Waals surface area contributed by atoms with Crippen LogP contribution < -0.4 is 15.4 Å². The molecule has 0 aliphatic carbocycles. The van der Waals surface area contributed by atoms with Crippen molar-refractivity contribution in [2.45, 2.75) is 33.4 Å². The number of aryl methyl sites for hydroxylation is 2. The number of guanidine groups is 1. The first-order chi connectivity index (χ1) is 11.0. The van der Waals surface area contributed by atoms with Gasteiger partial charge < -0.3 is 19.9 Å². The van der Waals surface area contributed by atoms with Crippen LogP contribution in [0.3, 0.4) is 0 Å². The lowest BCUT2D eigenvalue weighted by atomic mass is 10.0. The first-order valence-corrected chi connectivity index (χ1v) is 7.44. The number of methoxy groups -OCH3 is 1. The molecule has 2 N–H and O–H groups in total. The van der Waals surface area contributed by atoms with E-state index < -0.39 is 0 Å². The van der Waals surface area contributed by atoms with E-state index in [-0.39, 0.29) is 6.04 Å². The molecule has 1 aromatic heterocycles. The van der Waals surface area contributed by atoms with E-state index in [9.17, 15) is 0 Å². The van der Waals surface area contributed by atoms with E-state index in [0.29, 0.717) is 24.2 Å². The number of hydrogen-bond donors (Lipinski definition) is 2. The number of hydrogen-bond acceptors (Lipinski definition) is 5. The number of aromatic nitrogens is 2. The summed E-state index contributed by atoms with van der Waals surface area (Å²) in [6.07, 6.45) is 0. The largest absolute Gasteiger partial charge is 0.496 e. The second-order valence-electron chi connectivity index (χ2n) is 5.27. The molecule has 0 saturated carbocycles. The zero-order valence-electron chi connectivity index (χ0n) is 14.2. The summed E-state index contributed by atoms with van der Waals surface area (Å²) in [7, 11) is 3.39. The maximum atomic E-state index is 5.44. The Balaban J connectivity index is 2.02. The first-order valence-electron chi connectivity index (χ1n) is 7.44. The van der Waals surface area contributed by atoms with Gasteiger partial charge in [-0.2, -0.15) is 4.98 Å². The molecule has 0 spiro atoms. The summed E-state index contributed by atoms with van der Waals surface area (Å²) in [5.41, 5.74) is 2.26. The fraction of sp³-hybridized carbons (Fsp3) is 0.438. The monoisotopic (exact) mass is 317 g/mol. The van der Waals surface area contributed by atoms with E-state index in [0.717, 1.165) is 11.3 Å². The maximum absolute atomic E-state index is 5.44. The smallest absolute Gasteiger partial charge is 0.223 e. The Kier molecular flexibility index (Phi) is 5.56. The van der Waals surface area contributed by atoms with Gasteiger partial charge in [-0.15, -0.1) is 0 Å². The van der Waals surface area contributed by atoms with Gasteiger partial charge >= 0.3 is 0 Å². The molecule has 0 bridgehead atoms. The average Bonchev–Trinajstić information content (AvgIpc) is 2.96. The Morgan fingerprint density at radius 1 is 1.39 bits per heavy atom. The predicted octanol–water partition coefficient (Wildman–Crippen LogP) is 2.12. The average molecular weight is 317 g/mol. The molecule has 0 aliphatic rings. The molecule has 2 aromatic rings. The zero-order chi connectivity index (χ0) is 16.8. The van der Waals surface area contributed by atoms with Crippen molar-refractivity contribution in [3.05, 3.63) is 41.0 Å². The summed E-state index contributed by atoms with van der Waals surface area (Å²) in [5.74, 6) is 2.64. The van der Waals surface area contributed by atoms with E-state index in [1.165, 1.54) is 5.56 Å². The lowest BCUT2D eigenvalue weighted by molar-refractivity contribution is 0.386. The van der Waals surface area contributed by atoms with Gasteiger partial charge in [0.2, 0.25) is 5.89 Å². The van der Waals surface area contributed by atoms with Crippen LogP contribution in [0, 0.1) is 13.8 Å². The Hall–Kier alpha value is -2.57. The zero-order valence-corrected chi connectivity index (χ0v) is 14.2. The van der Waals surface area contributed by atoms with Gasteiger partial charge in [-0.3, -0.25) is 4.99 Å². The number of benzene rings is 1. The molecule has 7 heteroatoms. The van der Waals surface area contributed by atoms with Gasteiger partial charge in [0.15, 0.2) is 11.8 Å². The topological polar surface area (TPSA) is 84.6 Å². The molecule has 0 aliphatic heterocycles. The molecule has 7 nitrogen and oxygen atoms in total. The van der Waals surface area contributed by atoms with Crippen LogP contribution in [0.5, 0.6) is 5.75 Å². The van der Waals surface area contributed by atoms with Crippen molar-refractivity contribution in [3.8, 4) is 5.75 Å². The summed E-state index contributed by atoms with van der Waals surface area (Å²) in [4.78, 5) is 8.37. The van der Waals surface area contributed by atoms with Gasteiger partial charge in [-0.25, -0.2) is 0 Å². The third-order valence-corrected chi connectivity index (χ3v) is 3.41. The Bertz CT molecular complexity index is 681. The SMILES string of the molecule is CN=C(NCc1noc(C)n1)NC(C)c1cc(C)ccc1OC. The molecule has 1 atom stereocenters. The van der Waals surface area contributed by atoms with Gasteiger partial charge in [0.25, 0.3) is 0 Å². The second-order valence-corrected chi connectivity index (χ2v) is 5.27. The van der Waals surface area contributed by atoms with Crippen molar-refractivity contribution in [2.75, 3.05) is 14.2 Å². The minimum Gasteiger partial charge on any atom is -0.496 e. The van der Waals surface area contributed by atoms with E-state index in [4.69, 9.17) is 9.26 Å². The normalized spacial score (nSPS) is 12.8. The predicted molar refractivity (Wildman–Crippen MR) is 88.5 cm³/mol. The highest BCUT2D eigenvalue weighted by molar-refractivity contribution is 5.80. The van der Waals surface area contributed by atoms with Crippen molar-refractivity contribution >= 4 is 5.96 Å². The molecule has 0 fully saturated rings. The van der Waals surface area contributed by atoms with E-state index in [1.807, 2.05) is 12.1 Å². The van der Waals surface area contributed by atoms with Crippen LogP contribution in [0.25, 0.3) is 0 Å². The molecule has 0 amide bonds. The first kappa shape index (κ1) is 16.8. The number of nitrogens with zero attached hydrogens (tertiary/aromatic N) is 3. The van der Waals surface area contributed by atoms with E-state index in [1.54, 1.807) is 21.1 Å². The van der Waals surface area contributed by atoms with Crippen molar-refractivity contribution < 1.29 is 9.26 Å². The van der Waals surface area contributed by atoms with Gasteiger partial charge in [-0.1, -0.05) is 22.9 Å². The molecule has 0 saturated heterocycles. The third-order valence-electron chi connectivity index (χ3n) is 3.41. The number of nitrogens with one attached hydrogen (secondary N) is 2. The molecule has 0 radical (unpaired) electrons. The summed E-state index contributed by atoms with van der Waals surface area (Å²) in [5, 5.41) is 10.3. The maximum Gasteiger partial charge on any atom is 0.223 e. The highest BCUT2D eigenvalue weighted by Gasteiger charge is 2.13. The summed E-state index contributed by atoms with van der Waals surface area (Å²) in [6.45, 7) is 6.31. The van der Waals surface area contributed by atoms with Crippen LogP contribution in [0.2, 0.25) is 0 Å². The minimum atomic E-state index is 0.0306. The second kappa shape index (κ2) is 7.62. The molecule has 2 rings (SSSR count). The van der Waals surface area contributed by atoms with Crippen molar-refractivity contribution in [2.24, 2.45) is 4.99 Å². The fourth-order valence-electron chi connectivity index (χ4n) is 2.25. The Labute approximate surface area is 136 Å². The third kappa shape index (κ3) is 4.45. The van der Waals surface area contributed by atoms with Gasteiger partial charge in [0, 0.05) is 19.5 Å². The lowest BCUT2D eigenvalue weighted by Gasteiger charge is -2.20. The minimum absolute atomic E-state index is 0.0306. The van der Waals surface area contributed by atoms with E-state index >= 15 is 0 Å². The fourth-order valence-corrected chi connectivity index (χ4v) is 2.25.